The topological polar surface area (TPSA) is 96.5 Å². The summed E-state index contributed by atoms with van der Waals surface area (Å²) in [7, 11) is 0. The number of rotatable bonds is 4. The molecule has 0 unspecified atom stereocenters. The molecule has 0 aliphatic carbocycles. The van der Waals surface area contributed by atoms with Crippen LogP contribution in [0.2, 0.25) is 0 Å². The molecule has 134 valence electrons. The van der Waals surface area contributed by atoms with Crippen LogP contribution in [0.25, 0.3) is 0 Å². The Morgan fingerprint density at radius 1 is 1.15 bits per heavy atom. The van der Waals surface area contributed by atoms with Crippen molar-refractivity contribution in [2.24, 2.45) is 0 Å². The number of carbonyl (C=O) groups is 2. The van der Waals surface area contributed by atoms with Crippen molar-refractivity contribution in [3.8, 4) is 0 Å². The lowest BCUT2D eigenvalue weighted by atomic mass is 9.95. The number of amides is 1. The van der Waals surface area contributed by atoms with Gasteiger partial charge in [-0.25, -0.2) is 9.97 Å². The highest BCUT2D eigenvalue weighted by Crippen LogP contribution is 2.41. The largest absolute Gasteiger partial charge is 0.503 e. The second-order valence-corrected chi connectivity index (χ2v) is 6.67. The van der Waals surface area contributed by atoms with E-state index in [0.29, 0.717) is 5.56 Å². The van der Waals surface area contributed by atoms with Crippen molar-refractivity contribution in [3.63, 3.8) is 0 Å². The molecule has 3 aromatic rings. The summed E-state index contributed by atoms with van der Waals surface area (Å²) < 4.78 is 5.94. The van der Waals surface area contributed by atoms with Crippen LogP contribution < -0.4 is 4.90 Å². The highest BCUT2D eigenvalue weighted by Gasteiger charge is 2.46. The first-order chi connectivity index (χ1) is 13.1. The van der Waals surface area contributed by atoms with Crippen molar-refractivity contribution in [2.45, 2.75) is 6.04 Å². The average molecular weight is 426 g/mol. The Hall–Kier alpha value is -3.26. The molecule has 4 rings (SSSR count). The molecule has 7 nitrogen and oxygen atoms in total. The van der Waals surface area contributed by atoms with Crippen LogP contribution in [0.15, 0.2) is 81.3 Å². The number of benzene rings is 1. The van der Waals surface area contributed by atoms with Gasteiger partial charge in [0.05, 0.1) is 17.9 Å². The number of ketones is 1. The summed E-state index contributed by atoms with van der Waals surface area (Å²) >= 11 is 3.39. The van der Waals surface area contributed by atoms with E-state index in [-0.39, 0.29) is 17.3 Å². The summed E-state index contributed by atoms with van der Waals surface area (Å²) in [6.07, 6.45) is 4.32. The molecule has 0 radical (unpaired) electrons. The molecule has 3 heterocycles. The smallest absolute Gasteiger partial charge is 0.296 e. The Labute approximate surface area is 162 Å². The fourth-order valence-electron chi connectivity index (χ4n) is 2.99. The molecule has 0 saturated carbocycles. The van der Waals surface area contributed by atoms with Crippen molar-refractivity contribution >= 4 is 33.6 Å². The second-order valence-electron chi connectivity index (χ2n) is 5.75. The van der Waals surface area contributed by atoms with E-state index in [1.54, 1.807) is 30.3 Å². The van der Waals surface area contributed by atoms with Crippen LogP contribution >= 0.6 is 15.9 Å². The van der Waals surface area contributed by atoms with Crippen LogP contribution in [0.1, 0.15) is 22.2 Å². The van der Waals surface area contributed by atoms with E-state index >= 15 is 0 Å². The van der Waals surface area contributed by atoms with Gasteiger partial charge in [0.15, 0.2) is 11.5 Å². The predicted molar refractivity (Wildman–Crippen MR) is 99.1 cm³/mol. The van der Waals surface area contributed by atoms with Crippen molar-refractivity contribution < 1.29 is 19.1 Å². The highest BCUT2D eigenvalue weighted by atomic mass is 79.9. The van der Waals surface area contributed by atoms with Gasteiger partial charge in [-0.15, -0.1) is 0 Å². The summed E-state index contributed by atoms with van der Waals surface area (Å²) in [5.41, 5.74) is 0.532. The number of furan rings is 1. The summed E-state index contributed by atoms with van der Waals surface area (Å²) in [6, 6.07) is 10.9. The van der Waals surface area contributed by atoms with Crippen LogP contribution in [0.5, 0.6) is 0 Å². The summed E-state index contributed by atoms with van der Waals surface area (Å²) in [5.74, 6) is -1.86. The minimum atomic E-state index is -0.894. The molecule has 27 heavy (non-hydrogen) atoms. The Bertz CT molecular complexity index is 1050. The number of carbonyl (C=O) groups excluding carboxylic acids is 2. The lowest BCUT2D eigenvalue weighted by molar-refractivity contribution is -0.117. The van der Waals surface area contributed by atoms with Gasteiger partial charge in [0, 0.05) is 16.9 Å². The van der Waals surface area contributed by atoms with Gasteiger partial charge in [-0.2, -0.15) is 0 Å². The number of nitrogens with zero attached hydrogens (tertiary/aromatic N) is 3. The monoisotopic (exact) mass is 425 g/mol. The fourth-order valence-corrected chi connectivity index (χ4v) is 3.41. The van der Waals surface area contributed by atoms with E-state index < -0.39 is 23.5 Å². The van der Waals surface area contributed by atoms with E-state index in [1.807, 2.05) is 6.07 Å². The summed E-state index contributed by atoms with van der Waals surface area (Å²) in [5, 5.41) is 10.5. The molecule has 1 amide bonds. The third-order valence-corrected chi connectivity index (χ3v) is 4.62. The Morgan fingerprint density at radius 2 is 1.93 bits per heavy atom. The molecular formula is C19H12BrN3O4. The van der Waals surface area contributed by atoms with Crippen molar-refractivity contribution in [1.29, 1.82) is 0 Å². The molecule has 1 aliphatic heterocycles. The van der Waals surface area contributed by atoms with E-state index in [1.165, 1.54) is 29.6 Å². The van der Waals surface area contributed by atoms with Crippen LogP contribution in [0.4, 0.5) is 5.95 Å². The third-order valence-electron chi connectivity index (χ3n) is 4.13. The van der Waals surface area contributed by atoms with E-state index in [4.69, 9.17) is 4.42 Å². The first-order valence-corrected chi connectivity index (χ1v) is 8.74. The first-order valence-electron chi connectivity index (χ1n) is 7.95. The van der Waals surface area contributed by atoms with E-state index in [2.05, 4.69) is 25.9 Å². The number of hydrogen-bond donors (Lipinski definition) is 1. The minimum absolute atomic E-state index is 0.0279. The number of Topliss-reactive ketones (excluding diaryl/α,β-unsaturated/α-hetero) is 1. The maximum absolute atomic E-state index is 13.0. The lowest BCUT2D eigenvalue weighted by Crippen LogP contribution is -2.32. The van der Waals surface area contributed by atoms with Crippen LogP contribution in [0, 0.1) is 0 Å². The predicted octanol–water partition coefficient (Wildman–Crippen LogP) is 3.62. The number of hydrogen-bond acceptors (Lipinski definition) is 6. The zero-order chi connectivity index (χ0) is 19.0. The normalized spacial score (nSPS) is 16.9. The van der Waals surface area contributed by atoms with Gasteiger partial charge in [-0.3, -0.25) is 14.5 Å². The van der Waals surface area contributed by atoms with Gasteiger partial charge >= 0.3 is 0 Å². The lowest BCUT2D eigenvalue weighted by Gasteiger charge is -2.24. The Morgan fingerprint density at radius 3 is 2.59 bits per heavy atom. The van der Waals surface area contributed by atoms with E-state index in [0.717, 1.165) is 4.47 Å². The fraction of sp³-hybridized carbons (Fsp3) is 0.0526. The zero-order valence-corrected chi connectivity index (χ0v) is 15.3. The van der Waals surface area contributed by atoms with Crippen molar-refractivity contribution in [2.75, 3.05) is 4.90 Å². The van der Waals surface area contributed by atoms with Crippen LogP contribution in [-0.2, 0) is 4.79 Å². The summed E-state index contributed by atoms with van der Waals surface area (Å²) in [6.45, 7) is 0. The number of aromatic nitrogens is 2. The highest BCUT2D eigenvalue weighted by molar-refractivity contribution is 9.10. The second kappa shape index (κ2) is 6.81. The number of halogens is 1. The van der Waals surface area contributed by atoms with Crippen molar-refractivity contribution in [3.05, 3.63) is 88.3 Å². The molecule has 1 N–H and O–H groups in total. The molecule has 2 aromatic heterocycles. The Balaban J connectivity index is 1.90. The Kier molecular flexibility index (Phi) is 4.33. The van der Waals surface area contributed by atoms with Gasteiger partial charge in [0.1, 0.15) is 0 Å². The molecule has 1 atom stereocenters. The number of aliphatic hydroxyl groups excluding tert-OH is 1. The zero-order valence-electron chi connectivity index (χ0n) is 13.7. The van der Waals surface area contributed by atoms with Crippen LogP contribution in [-0.4, -0.2) is 26.8 Å². The van der Waals surface area contributed by atoms with Gasteiger partial charge < -0.3 is 9.52 Å². The maximum atomic E-state index is 13.0. The third kappa shape index (κ3) is 2.93. The molecule has 0 saturated heterocycles. The molecule has 1 aromatic carbocycles. The quantitative estimate of drug-likeness (QED) is 0.641. The molecule has 0 bridgehead atoms. The minimum Gasteiger partial charge on any atom is -0.503 e. The van der Waals surface area contributed by atoms with Crippen molar-refractivity contribution in [1.82, 2.24) is 9.97 Å². The SMILES string of the molecule is O=C(C1=C(O)C(=O)N(c2ncccn2)[C@@H]1c1cccc(Br)c1)c1ccco1. The molecule has 0 fully saturated rings. The number of aliphatic hydroxyl groups is 1. The van der Waals surface area contributed by atoms with E-state index in [9.17, 15) is 14.7 Å². The van der Waals surface area contributed by atoms with Gasteiger partial charge in [-0.1, -0.05) is 28.1 Å². The molecular weight excluding hydrogens is 414 g/mol. The first kappa shape index (κ1) is 17.2. The number of anilines is 1. The standard InChI is InChI=1S/C19H12BrN3O4/c20-12-5-1-4-11(10-12)15-14(16(24)13-6-2-9-27-13)17(25)18(26)23(15)19-21-7-3-8-22-19/h1-10,15,25H/t15-/m1/s1. The van der Waals surface area contributed by atoms with Gasteiger partial charge in [-0.05, 0) is 35.9 Å². The molecule has 1 aliphatic rings. The van der Waals surface area contributed by atoms with Crippen LogP contribution in [0.3, 0.4) is 0 Å². The summed E-state index contributed by atoms with van der Waals surface area (Å²) in [4.78, 5) is 35.2. The van der Waals surface area contributed by atoms with Gasteiger partial charge in [0.25, 0.3) is 5.91 Å². The van der Waals surface area contributed by atoms with Gasteiger partial charge in [0.2, 0.25) is 11.7 Å². The molecule has 0 spiro atoms. The maximum Gasteiger partial charge on any atom is 0.296 e. The average Bonchev–Trinajstić information content (AvgIpc) is 3.30. The molecule has 8 heteroatoms.